The first-order valence-electron chi connectivity index (χ1n) is 10.4. The van der Waals surface area contributed by atoms with Crippen LogP contribution in [0.25, 0.3) is 10.9 Å². The number of hydrogen-bond donors (Lipinski definition) is 2. The summed E-state index contributed by atoms with van der Waals surface area (Å²) in [6, 6.07) is 12.3. The van der Waals surface area contributed by atoms with Crippen LogP contribution in [0.15, 0.2) is 42.5 Å². The van der Waals surface area contributed by atoms with Crippen LogP contribution in [-0.4, -0.2) is 31.0 Å². The van der Waals surface area contributed by atoms with Gasteiger partial charge in [-0.2, -0.15) is 0 Å². The second-order valence-electron chi connectivity index (χ2n) is 7.90. The first-order valence-corrected chi connectivity index (χ1v) is 10.4. The third-order valence-electron chi connectivity index (χ3n) is 5.79. The SMILES string of the molecule is CNc1cc(F)c(C(C)NC(=O)c2ccc3nc(N4CCCC4)ccc3c2)cc1C. The third-order valence-corrected chi connectivity index (χ3v) is 5.79. The number of fused-ring (bicyclic) bond motifs is 1. The van der Waals surface area contributed by atoms with Crippen LogP contribution in [0.1, 0.15) is 47.3 Å². The van der Waals surface area contributed by atoms with Crippen molar-refractivity contribution in [1.29, 1.82) is 0 Å². The summed E-state index contributed by atoms with van der Waals surface area (Å²) in [6.07, 6.45) is 2.41. The van der Waals surface area contributed by atoms with Gasteiger partial charge in [-0.1, -0.05) is 0 Å². The highest BCUT2D eigenvalue weighted by molar-refractivity contribution is 5.98. The largest absolute Gasteiger partial charge is 0.388 e. The number of halogens is 1. The fourth-order valence-electron chi connectivity index (χ4n) is 4.04. The Morgan fingerprint density at radius 3 is 2.63 bits per heavy atom. The highest BCUT2D eigenvalue weighted by atomic mass is 19.1. The number of pyridine rings is 1. The molecule has 156 valence electrons. The molecule has 1 aliphatic rings. The molecule has 6 heteroatoms. The van der Waals surface area contributed by atoms with Crippen molar-refractivity contribution in [2.24, 2.45) is 0 Å². The Morgan fingerprint density at radius 2 is 1.90 bits per heavy atom. The van der Waals surface area contributed by atoms with E-state index in [1.165, 1.54) is 18.9 Å². The summed E-state index contributed by atoms with van der Waals surface area (Å²) in [4.78, 5) is 19.8. The smallest absolute Gasteiger partial charge is 0.251 e. The molecule has 2 aromatic carbocycles. The maximum absolute atomic E-state index is 14.5. The van der Waals surface area contributed by atoms with E-state index in [-0.39, 0.29) is 11.7 Å². The molecule has 0 bridgehead atoms. The summed E-state index contributed by atoms with van der Waals surface area (Å²) in [5.41, 5.74) is 3.55. The maximum atomic E-state index is 14.5. The number of aromatic nitrogens is 1. The Labute approximate surface area is 176 Å². The third kappa shape index (κ3) is 3.95. The summed E-state index contributed by atoms with van der Waals surface area (Å²) >= 11 is 0. The molecular formula is C24H27FN4O. The zero-order valence-electron chi connectivity index (χ0n) is 17.6. The number of rotatable bonds is 5. The van der Waals surface area contributed by atoms with Crippen molar-refractivity contribution in [3.63, 3.8) is 0 Å². The molecule has 5 nitrogen and oxygen atoms in total. The van der Waals surface area contributed by atoms with Crippen molar-refractivity contribution in [3.8, 4) is 0 Å². The predicted octanol–water partition coefficient (Wildman–Crippen LogP) is 4.82. The van der Waals surface area contributed by atoms with Crippen molar-refractivity contribution in [1.82, 2.24) is 10.3 Å². The molecule has 30 heavy (non-hydrogen) atoms. The fourth-order valence-corrected chi connectivity index (χ4v) is 4.04. The normalized spacial score (nSPS) is 14.7. The molecular weight excluding hydrogens is 379 g/mol. The van der Waals surface area contributed by atoms with Crippen molar-refractivity contribution in [2.75, 3.05) is 30.4 Å². The van der Waals surface area contributed by atoms with Crippen LogP contribution in [0.4, 0.5) is 15.9 Å². The first kappa shape index (κ1) is 20.1. The van der Waals surface area contributed by atoms with E-state index < -0.39 is 6.04 Å². The number of anilines is 2. The molecule has 2 heterocycles. The van der Waals surface area contributed by atoms with Crippen molar-refractivity contribution in [2.45, 2.75) is 32.7 Å². The lowest BCUT2D eigenvalue weighted by atomic mass is 10.0. The number of aryl methyl sites for hydroxylation is 1. The second kappa shape index (κ2) is 8.30. The quantitative estimate of drug-likeness (QED) is 0.638. The van der Waals surface area contributed by atoms with Crippen LogP contribution in [0.2, 0.25) is 0 Å². The Balaban J connectivity index is 1.53. The molecule has 1 unspecified atom stereocenters. The van der Waals surface area contributed by atoms with Crippen LogP contribution in [0, 0.1) is 12.7 Å². The van der Waals surface area contributed by atoms with Crippen LogP contribution in [0.3, 0.4) is 0 Å². The molecule has 1 aliphatic heterocycles. The number of amides is 1. The van der Waals surface area contributed by atoms with E-state index in [1.807, 2.05) is 31.2 Å². The molecule has 0 aliphatic carbocycles. The van der Waals surface area contributed by atoms with E-state index in [2.05, 4.69) is 15.5 Å². The molecule has 1 amide bonds. The molecule has 1 atom stereocenters. The van der Waals surface area contributed by atoms with Gasteiger partial charge in [0.05, 0.1) is 11.6 Å². The molecule has 0 spiro atoms. The maximum Gasteiger partial charge on any atom is 0.251 e. The van der Waals surface area contributed by atoms with Crippen LogP contribution in [-0.2, 0) is 0 Å². The number of hydrogen-bond acceptors (Lipinski definition) is 4. The lowest BCUT2D eigenvalue weighted by Crippen LogP contribution is -2.27. The van der Waals surface area contributed by atoms with E-state index in [0.29, 0.717) is 11.1 Å². The summed E-state index contributed by atoms with van der Waals surface area (Å²) < 4.78 is 14.5. The van der Waals surface area contributed by atoms with E-state index in [4.69, 9.17) is 4.98 Å². The molecule has 3 aromatic rings. The van der Waals surface area contributed by atoms with Crippen molar-refractivity contribution < 1.29 is 9.18 Å². The van der Waals surface area contributed by atoms with Crippen molar-refractivity contribution in [3.05, 3.63) is 65.0 Å². The van der Waals surface area contributed by atoms with Gasteiger partial charge in [-0.3, -0.25) is 4.79 Å². The highest BCUT2D eigenvalue weighted by Gasteiger charge is 2.18. The summed E-state index contributed by atoms with van der Waals surface area (Å²) in [5, 5.41) is 6.80. The zero-order chi connectivity index (χ0) is 21.3. The van der Waals surface area contributed by atoms with Gasteiger partial charge in [0.25, 0.3) is 5.91 Å². The van der Waals surface area contributed by atoms with Crippen LogP contribution in [0.5, 0.6) is 0 Å². The van der Waals surface area contributed by atoms with Crippen LogP contribution < -0.4 is 15.5 Å². The lowest BCUT2D eigenvalue weighted by molar-refractivity contribution is 0.0939. The highest BCUT2D eigenvalue weighted by Crippen LogP contribution is 2.25. The lowest BCUT2D eigenvalue weighted by Gasteiger charge is -2.18. The first-order chi connectivity index (χ1) is 14.5. The minimum absolute atomic E-state index is 0.234. The Morgan fingerprint density at radius 1 is 1.13 bits per heavy atom. The monoisotopic (exact) mass is 406 g/mol. The zero-order valence-corrected chi connectivity index (χ0v) is 17.6. The van der Waals surface area contributed by atoms with Gasteiger partial charge in [0.15, 0.2) is 0 Å². The van der Waals surface area contributed by atoms with Gasteiger partial charge in [-0.15, -0.1) is 0 Å². The topological polar surface area (TPSA) is 57.3 Å². The molecule has 1 saturated heterocycles. The Kier molecular flexibility index (Phi) is 5.57. The number of carbonyl (C=O) groups excluding carboxylic acids is 1. The van der Waals surface area contributed by atoms with E-state index in [1.54, 1.807) is 26.1 Å². The summed E-state index contributed by atoms with van der Waals surface area (Å²) in [5.74, 6) is 0.416. The Bertz CT molecular complexity index is 1090. The molecule has 1 aromatic heterocycles. The molecule has 2 N–H and O–H groups in total. The van der Waals surface area contributed by atoms with Gasteiger partial charge in [-0.25, -0.2) is 9.37 Å². The van der Waals surface area contributed by atoms with Gasteiger partial charge < -0.3 is 15.5 Å². The average molecular weight is 407 g/mol. The number of nitrogens with zero attached hydrogens (tertiary/aromatic N) is 2. The second-order valence-corrected chi connectivity index (χ2v) is 7.90. The number of nitrogens with one attached hydrogen (secondary N) is 2. The van der Waals surface area contributed by atoms with Gasteiger partial charge in [0.1, 0.15) is 11.6 Å². The van der Waals surface area contributed by atoms with Gasteiger partial charge in [0.2, 0.25) is 0 Å². The summed E-state index contributed by atoms with van der Waals surface area (Å²) in [7, 11) is 1.76. The Hall–Kier alpha value is -3.15. The van der Waals surface area contributed by atoms with Crippen LogP contribution >= 0.6 is 0 Å². The molecule has 4 rings (SSSR count). The van der Waals surface area contributed by atoms with E-state index in [9.17, 15) is 9.18 Å². The molecule has 0 radical (unpaired) electrons. The molecule has 0 saturated carbocycles. The number of benzene rings is 2. The average Bonchev–Trinajstić information content (AvgIpc) is 3.29. The number of carbonyl (C=O) groups is 1. The predicted molar refractivity (Wildman–Crippen MR) is 120 cm³/mol. The standard InChI is InChI=1S/C24H27FN4O/c1-15-12-19(20(25)14-22(15)26-3)16(2)27-24(30)18-6-8-21-17(13-18)7-9-23(28-21)29-10-4-5-11-29/h6-9,12-14,16,26H,4-5,10-11H2,1-3H3,(H,27,30). The van der Waals surface area contributed by atoms with E-state index >= 15 is 0 Å². The minimum atomic E-state index is -0.450. The van der Waals surface area contributed by atoms with Crippen molar-refractivity contribution >= 4 is 28.3 Å². The van der Waals surface area contributed by atoms with Gasteiger partial charge in [-0.05, 0) is 74.7 Å². The fraction of sp³-hybridized carbons (Fsp3) is 0.333. The molecule has 1 fully saturated rings. The van der Waals surface area contributed by atoms with Gasteiger partial charge >= 0.3 is 0 Å². The van der Waals surface area contributed by atoms with E-state index in [0.717, 1.165) is 41.1 Å². The van der Waals surface area contributed by atoms with Gasteiger partial charge in [0, 0.05) is 42.3 Å². The summed E-state index contributed by atoms with van der Waals surface area (Å²) in [6.45, 7) is 5.79. The minimum Gasteiger partial charge on any atom is -0.388 e.